The van der Waals surface area contributed by atoms with E-state index < -0.39 is 11.5 Å². The van der Waals surface area contributed by atoms with E-state index in [-0.39, 0.29) is 28.2 Å². The lowest BCUT2D eigenvalue weighted by Gasteiger charge is -2.35. The summed E-state index contributed by atoms with van der Waals surface area (Å²) in [5, 5.41) is 4.28. The maximum absolute atomic E-state index is 14.8. The number of fused-ring (bicyclic) bond motifs is 1. The molecule has 9 heteroatoms. The predicted molar refractivity (Wildman–Crippen MR) is 142 cm³/mol. The van der Waals surface area contributed by atoms with Gasteiger partial charge in [0, 0.05) is 37.4 Å². The third-order valence-corrected chi connectivity index (χ3v) is 6.92. The number of pyridine rings is 2. The van der Waals surface area contributed by atoms with Crippen LogP contribution in [0.2, 0.25) is 5.02 Å². The summed E-state index contributed by atoms with van der Waals surface area (Å²) < 4.78 is 16.3. The fourth-order valence-corrected chi connectivity index (χ4v) is 5.06. The zero-order valence-electron chi connectivity index (χ0n) is 20.7. The minimum atomic E-state index is -0.462. The van der Waals surface area contributed by atoms with Crippen molar-refractivity contribution in [3.63, 3.8) is 0 Å². The first-order valence-electron chi connectivity index (χ1n) is 12.1. The number of halogens is 2. The Morgan fingerprint density at radius 3 is 2.69 bits per heavy atom. The zero-order valence-corrected chi connectivity index (χ0v) is 21.5. The smallest absolute Gasteiger partial charge is 0.351 e. The van der Waals surface area contributed by atoms with E-state index in [0.29, 0.717) is 29.1 Å². The monoisotopic (exact) mass is 506 g/mol. The lowest BCUT2D eigenvalue weighted by atomic mass is 10.0. The Bertz CT molecular complexity index is 1520. The molecule has 1 aliphatic rings. The first-order valence-corrected chi connectivity index (χ1v) is 12.5. The number of nitrogens with zero attached hydrogens (tertiary/aromatic N) is 5. The zero-order chi connectivity index (χ0) is 25.6. The van der Waals surface area contributed by atoms with E-state index in [9.17, 15) is 9.18 Å². The molecule has 1 fully saturated rings. The molecular weight excluding hydrogens is 479 g/mol. The van der Waals surface area contributed by atoms with Gasteiger partial charge in [-0.2, -0.15) is 4.98 Å². The van der Waals surface area contributed by atoms with Crippen LogP contribution in [0.1, 0.15) is 37.9 Å². The fourth-order valence-electron chi connectivity index (χ4n) is 4.81. The first-order chi connectivity index (χ1) is 17.3. The third-order valence-electron chi connectivity index (χ3n) is 6.63. The van der Waals surface area contributed by atoms with Gasteiger partial charge in [-0.15, -0.1) is 0 Å². The van der Waals surface area contributed by atoms with Gasteiger partial charge in [-0.1, -0.05) is 37.6 Å². The van der Waals surface area contributed by atoms with Crippen LogP contribution in [0.15, 0.2) is 47.4 Å². The molecule has 1 aromatic carbocycles. The van der Waals surface area contributed by atoms with Crippen molar-refractivity contribution in [2.75, 3.05) is 24.5 Å². The first kappa shape index (κ1) is 24.3. The number of rotatable bonds is 4. The molecule has 7 nitrogen and oxygen atoms in total. The molecule has 0 saturated carbocycles. The van der Waals surface area contributed by atoms with Gasteiger partial charge in [0.15, 0.2) is 5.65 Å². The number of anilines is 1. The molecule has 0 aliphatic carbocycles. The van der Waals surface area contributed by atoms with Gasteiger partial charge in [0.05, 0.1) is 27.5 Å². The van der Waals surface area contributed by atoms with E-state index in [4.69, 9.17) is 16.6 Å². The summed E-state index contributed by atoms with van der Waals surface area (Å²) in [6.07, 6.45) is 1.74. The minimum absolute atomic E-state index is 0.0491. The Morgan fingerprint density at radius 2 is 1.97 bits per heavy atom. The maximum Gasteiger partial charge on any atom is 0.355 e. The normalized spacial score (nSPS) is 16.2. The third kappa shape index (κ3) is 4.14. The number of benzene rings is 1. The van der Waals surface area contributed by atoms with Gasteiger partial charge in [0.25, 0.3) is 0 Å². The van der Waals surface area contributed by atoms with Gasteiger partial charge in [0.1, 0.15) is 11.6 Å². The number of aromatic nitrogens is 4. The number of aryl methyl sites for hydroxylation is 1. The summed E-state index contributed by atoms with van der Waals surface area (Å²) in [5.41, 5.74) is 2.72. The van der Waals surface area contributed by atoms with Crippen molar-refractivity contribution in [2.24, 2.45) is 0 Å². The second kappa shape index (κ2) is 9.59. The Labute approximate surface area is 214 Å². The second-order valence-corrected chi connectivity index (χ2v) is 9.89. The minimum Gasteiger partial charge on any atom is -0.351 e. The number of hydrogen-bond donors (Lipinski definition) is 1. The van der Waals surface area contributed by atoms with Crippen molar-refractivity contribution in [3.05, 3.63) is 75.2 Å². The van der Waals surface area contributed by atoms with Crippen molar-refractivity contribution >= 4 is 28.5 Å². The van der Waals surface area contributed by atoms with Crippen molar-refractivity contribution in [3.8, 4) is 16.9 Å². The van der Waals surface area contributed by atoms with Crippen LogP contribution in [-0.4, -0.2) is 45.2 Å². The molecule has 186 valence electrons. The topological polar surface area (TPSA) is 75.9 Å². The number of piperazine rings is 1. The summed E-state index contributed by atoms with van der Waals surface area (Å²) in [5.74, 6) is 0.140. The molecular formula is C27H28ClFN6O. The van der Waals surface area contributed by atoms with E-state index in [1.807, 2.05) is 26.8 Å². The molecule has 0 amide bonds. The molecule has 0 radical (unpaired) electrons. The summed E-state index contributed by atoms with van der Waals surface area (Å²) in [6, 6.07) is 10.1. The van der Waals surface area contributed by atoms with Crippen LogP contribution in [0.25, 0.3) is 28.0 Å². The molecule has 0 spiro atoms. The molecule has 0 bridgehead atoms. The van der Waals surface area contributed by atoms with Crippen LogP contribution in [0, 0.1) is 12.7 Å². The number of hydrogen-bond acceptors (Lipinski definition) is 6. The van der Waals surface area contributed by atoms with Crippen LogP contribution in [0.4, 0.5) is 10.2 Å². The lowest BCUT2D eigenvalue weighted by Crippen LogP contribution is -2.50. The largest absolute Gasteiger partial charge is 0.355 e. The molecule has 1 N–H and O–H groups in total. The summed E-state index contributed by atoms with van der Waals surface area (Å²) in [4.78, 5) is 29.9. The van der Waals surface area contributed by atoms with Gasteiger partial charge in [-0.25, -0.2) is 18.7 Å². The molecule has 3 aromatic heterocycles. The van der Waals surface area contributed by atoms with E-state index in [2.05, 4.69) is 27.1 Å². The second-order valence-electron chi connectivity index (χ2n) is 9.49. The van der Waals surface area contributed by atoms with Crippen LogP contribution in [-0.2, 0) is 0 Å². The standard InChI is InChI=1S/C27H28ClFN6O/c1-15(2)22-24(16(3)9-10-31-22)35-26-19(25(33-27(35)36)34-12-11-30-14-17(34)4)13-20(28)23(32-26)18-7-5-6-8-21(18)29/h5-10,13,15,17,30H,11-12,14H2,1-4H3/t17-/m0/s1. The Morgan fingerprint density at radius 1 is 1.19 bits per heavy atom. The van der Waals surface area contributed by atoms with Gasteiger partial charge in [-0.05, 0) is 49.6 Å². The predicted octanol–water partition coefficient (Wildman–Crippen LogP) is 4.87. The molecule has 5 rings (SSSR count). The van der Waals surface area contributed by atoms with Gasteiger partial charge in [0.2, 0.25) is 0 Å². The Kier molecular flexibility index (Phi) is 6.49. The van der Waals surface area contributed by atoms with Crippen molar-refractivity contribution in [1.29, 1.82) is 0 Å². The molecule has 36 heavy (non-hydrogen) atoms. The van der Waals surface area contributed by atoms with Crippen molar-refractivity contribution in [1.82, 2.24) is 24.8 Å². The molecule has 0 unspecified atom stereocenters. The summed E-state index contributed by atoms with van der Waals surface area (Å²) in [6.45, 7) is 10.3. The van der Waals surface area contributed by atoms with Gasteiger partial charge < -0.3 is 10.2 Å². The Hall–Kier alpha value is -3.36. The number of nitrogens with one attached hydrogen (secondary N) is 1. The van der Waals surface area contributed by atoms with E-state index in [0.717, 1.165) is 24.3 Å². The van der Waals surface area contributed by atoms with E-state index in [1.165, 1.54) is 10.6 Å². The maximum atomic E-state index is 14.8. The summed E-state index contributed by atoms with van der Waals surface area (Å²) in [7, 11) is 0. The fraction of sp³-hybridized carbons (Fsp3) is 0.333. The van der Waals surface area contributed by atoms with E-state index >= 15 is 0 Å². The van der Waals surface area contributed by atoms with Crippen LogP contribution < -0.4 is 15.9 Å². The van der Waals surface area contributed by atoms with Crippen LogP contribution >= 0.6 is 11.6 Å². The highest BCUT2D eigenvalue weighted by molar-refractivity contribution is 6.33. The van der Waals surface area contributed by atoms with E-state index in [1.54, 1.807) is 30.5 Å². The lowest BCUT2D eigenvalue weighted by molar-refractivity contribution is 0.497. The molecule has 4 aromatic rings. The van der Waals surface area contributed by atoms with Gasteiger partial charge >= 0.3 is 5.69 Å². The highest BCUT2D eigenvalue weighted by Gasteiger charge is 2.27. The average Bonchev–Trinajstić information content (AvgIpc) is 2.85. The van der Waals surface area contributed by atoms with Crippen LogP contribution in [0.3, 0.4) is 0 Å². The average molecular weight is 507 g/mol. The highest BCUT2D eigenvalue weighted by Crippen LogP contribution is 2.35. The Balaban J connectivity index is 1.90. The van der Waals surface area contributed by atoms with Crippen LogP contribution in [0.5, 0.6) is 0 Å². The van der Waals surface area contributed by atoms with Crippen molar-refractivity contribution in [2.45, 2.75) is 39.7 Å². The molecule has 1 aliphatic heterocycles. The molecule has 4 heterocycles. The van der Waals surface area contributed by atoms with Gasteiger partial charge in [-0.3, -0.25) is 4.98 Å². The highest BCUT2D eigenvalue weighted by atomic mass is 35.5. The molecule has 1 atom stereocenters. The molecule has 1 saturated heterocycles. The quantitative estimate of drug-likeness (QED) is 0.426. The SMILES string of the molecule is Cc1ccnc(C(C)C)c1-n1c(=O)nc(N2CCNC[C@@H]2C)c2cc(Cl)c(-c3ccccc3F)nc21. The van der Waals surface area contributed by atoms with Crippen molar-refractivity contribution < 1.29 is 4.39 Å². The summed E-state index contributed by atoms with van der Waals surface area (Å²) >= 11 is 6.72.